The maximum Gasteiger partial charge on any atom is 0.0681 e. The lowest BCUT2D eigenvalue weighted by atomic mass is 9.95. The molecule has 1 unspecified atom stereocenters. The zero-order valence-electron chi connectivity index (χ0n) is 14.4. The van der Waals surface area contributed by atoms with Gasteiger partial charge in [-0.1, -0.05) is 24.3 Å². The van der Waals surface area contributed by atoms with E-state index in [1.54, 1.807) is 0 Å². The van der Waals surface area contributed by atoms with Crippen molar-refractivity contribution >= 4 is 5.69 Å². The Labute approximate surface area is 144 Å². The highest BCUT2D eigenvalue weighted by Gasteiger charge is 2.20. The molecule has 24 heavy (non-hydrogen) atoms. The number of hydrogen-bond acceptors (Lipinski definition) is 4. The van der Waals surface area contributed by atoms with Crippen molar-refractivity contribution in [2.24, 2.45) is 5.92 Å². The highest BCUT2D eigenvalue weighted by molar-refractivity contribution is 5.44. The Bertz CT molecular complexity index is 624. The van der Waals surface area contributed by atoms with Crippen LogP contribution >= 0.6 is 0 Å². The molecule has 1 aliphatic rings. The molecular formula is C20H27N3O. The van der Waals surface area contributed by atoms with Crippen molar-refractivity contribution < 1.29 is 5.11 Å². The van der Waals surface area contributed by atoms with E-state index in [1.807, 2.05) is 24.5 Å². The van der Waals surface area contributed by atoms with Gasteiger partial charge in [-0.05, 0) is 55.5 Å². The van der Waals surface area contributed by atoms with Crippen LogP contribution in [-0.2, 0) is 6.61 Å². The van der Waals surface area contributed by atoms with Crippen LogP contribution in [-0.4, -0.2) is 29.7 Å². The number of piperidine rings is 1. The molecule has 1 atom stereocenters. The third-order valence-corrected chi connectivity index (χ3v) is 4.99. The molecule has 1 aliphatic heterocycles. The van der Waals surface area contributed by atoms with Crippen LogP contribution in [0.2, 0.25) is 0 Å². The van der Waals surface area contributed by atoms with E-state index < -0.39 is 0 Å². The van der Waals surface area contributed by atoms with Crippen molar-refractivity contribution in [2.45, 2.75) is 32.4 Å². The lowest BCUT2D eigenvalue weighted by Gasteiger charge is -2.34. The van der Waals surface area contributed by atoms with Crippen LogP contribution in [0.3, 0.4) is 0 Å². The van der Waals surface area contributed by atoms with Gasteiger partial charge in [0.05, 0.1) is 6.61 Å². The Balaban J connectivity index is 1.46. The van der Waals surface area contributed by atoms with E-state index >= 15 is 0 Å². The Morgan fingerprint density at radius 2 is 1.96 bits per heavy atom. The van der Waals surface area contributed by atoms with E-state index in [4.69, 9.17) is 0 Å². The largest absolute Gasteiger partial charge is 0.392 e. The van der Waals surface area contributed by atoms with Gasteiger partial charge in [-0.2, -0.15) is 0 Å². The molecule has 128 valence electrons. The zero-order chi connectivity index (χ0) is 16.8. The number of hydrogen-bond donors (Lipinski definition) is 2. The summed E-state index contributed by atoms with van der Waals surface area (Å²) in [5.74, 6) is 0.728. The van der Waals surface area contributed by atoms with E-state index in [0.717, 1.165) is 31.1 Å². The molecule has 0 radical (unpaired) electrons. The molecule has 4 heteroatoms. The van der Waals surface area contributed by atoms with E-state index in [1.165, 1.54) is 24.1 Å². The predicted molar refractivity (Wildman–Crippen MR) is 98.0 cm³/mol. The molecular weight excluding hydrogens is 298 g/mol. The monoisotopic (exact) mass is 325 g/mol. The highest BCUT2D eigenvalue weighted by atomic mass is 16.3. The zero-order valence-corrected chi connectivity index (χ0v) is 14.4. The SMILES string of the molecule is CC(NCC1CCN(c2ccncc2)CC1)c1cccc(CO)c1. The summed E-state index contributed by atoms with van der Waals surface area (Å²) in [4.78, 5) is 6.54. The van der Waals surface area contributed by atoms with E-state index in [2.05, 4.69) is 46.4 Å². The highest BCUT2D eigenvalue weighted by Crippen LogP contribution is 2.23. The van der Waals surface area contributed by atoms with Crippen molar-refractivity contribution in [3.05, 3.63) is 59.9 Å². The standard InChI is InChI=1S/C20H27N3O/c1-16(19-4-2-3-18(13-19)15-24)22-14-17-7-11-23(12-8-17)20-5-9-21-10-6-20/h2-6,9-10,13,16-17,22,24H,7-8,11-12,14-15H2,1H3. The quantitative estimate of drug-likeness (QED) is 0.856. The third kappa shape index (κ3) is 4.34. The van der Waals surface area contributed by atoms with E-state index in [9.17, 15) is 5.11 Å². The first-order chi connectivity index (χ1) is 11.8. The van der Waals surface area contributed by atoms with Gasteiger partial charge in [0, 0.05) is 37.2 Å². The summed E-state index contributed by atoms with van der Waals surface area (Å²) in [5, 5.41) is 12.9. The molecule has 4 nitrogen and oxygen atoms in total. The summed E-state index contributed by atoms with van der Waals surface area (Å²) in [6.07, 6.45) is 6.17. The number of aliphatic hydroxyl groups excluding tert-OH is 1. The minimum absolute atomic E-state index is 0.105. The molecule has 1 saturated heterocycles. The molecule has 1 fully saturated rings. The average Bonchev–Trinajstić information content (AvgIpc) is 2.67. The van der Waals surface area contributed by atoms with Gasteiger partial charge in [-0.3, -0.25) is 4.98 Å². The number of nitrogens with one attached hydrogen (secondary N) is 1. The van der Waals surface area contributed by atoms with E-state index in [-0.39, 0.29) is 6.61 Å². The van der Waals surface area contributed by atoms with Gasteiger partial charge in [0.15, 0.2) is 0 Å². The van der Waals surface area contributed by atoms with Gasteiger partial charge >= 0.3 is 0 Å². The molecule has 0 spiro atoms. The van der Waals surface area contributed by atoms with Crippen LogP contribution in [0, 0.1) is 5.92 Å². The molecule has 2 N–H and O–H groups in total. The summed E-state index contributed by atoms with van der Waals surface area (Å²) < 4.78 is 0. The minimum atomic E-state index is 0.105. The summed E-state index contributed by atoms with van der Waals surface area (Å²) in [7, 11) is 0. The van der Waals surface area contributed by atoms with Crippen LogP contribution in [0.5, 0.6) is 0 Å². The number of pyridine rings is 1. The average molecular weight is 325 g/mol. The number of aromatic nitrogens is 1. The van der Waals surface area contributed by atoms with Crippen LogP contribution in [0.25, 0.3) is 0 Å². The number of aliphatic hydroxyl groups is 1. The first kappa shape index (κ1) is 16.9. The number of benzene rings is 1. The summed E-state index contributed by atoms with van der Waals surface area (Å²) in [5.41, 5.74) is 3.51. The van der Waals surface area contributed by atoms with Gasteiger partial charge in [-0.25, -0.2) is 0 Å². The fourth-order valence-electron chi connectivity index (χ4n) is 3.37. The Kier molecular flexibility index (Phi) is 5.83. The Morgan fingerprint density at radius 1 is 1.21 bits per heavy atom. The maximum absolute atomic E-state index is 9.27. The van der Waals surface area contributed by atoms with E-state index in [0.29, 0.717) is 6.04 Å². The summed E-state index contributed by atoms with van der Waals surface area (Å²) in [6, 6.07) is 12.7. The van der Waals surface area contributed by atoms with Crippen molar-refractivity contribution in [3.8, 4) is 0 Å². The Hall–Kier alpha value is -1.91. The van der Waals surface area contributed by atoms with Crippen molar-refractivity contribution in [3.63, 3.8) is 0 Å². The minimum Gasteiger partial charge on any atom is -0.392 e. The smallest absolute Gasteiger partial charge is 0.0681 e. The number of rotatable bonds is 6. The molecule has 0 amide bonds. The lowest BCUT2D eigenvalue weighted by molar-refractivity contribution is 0.281. The predicted octanol–water partition coefficient (Wildman–Crippen LogP) is 3.14. The lowest BCUT2D eigenvalue weighted by Crippen LogP contribution is -2.37. The molecule has 1 aromatic carbocycles. The second-order valence-electron chi connectivity index (χ2n) is 6.67. The molecule has 3 rings (SSSR count). The van der Waals surface area contributed by atoms with Gasteiger partial charge in [0.1, 0.15) is 0 Å². The summed E-state index contributed by atoms with van der Waals surface area (Å²) >= 11 is 0. The maximum atomic E-state index is 9.27. The van der Waals surface area contributed by atoms with Crippen molar-refractivity contribution in [1.29, 1.82) is 0 Å². The Morgan fingerprint density at radius 3 is 2.67 bits per heavy atom. The van der Waals surface area contributed by atoms with Crippen LogP contribution < -0.4 is 10.2 Å². The fraction of sp³-hybridized carbons (Fsp3) is 0.450. The number of nitrogens with zero attached hydrogens (tertiary/aromatic N) is 2. The first-order valence-corrected chi connectivity index (χ1v) is 8.84. The molecule has 2 aromatic rings. The second-order valence-corrected chi connectivity index (χ2v) is 6.67. The summed E-state index contributed by atoms with van der Waals surface area (Å²) in [6.45, 7) is 5.58. The molecule has 1 aromatic heterocycles. The van der Waals surface area contributed by atoms with Crippen molar-refractivity contribution in [1.82, 2.24) is 10.3 Å². The topological polar surface area (TPSA) is 48.4 Å². The van der Waals surface area contributed by atoms with Gasteiger partial charge in [-0.15, -0.1) is 0 Å². The van der Waals surface area contributed by atoms with Crippen LogP contribution in [0.4, 0.5) is 5.69 Å². The number of anilines is 1. The third-order valence-electron chi connectivity index (χ3n) is 4.99. The van der Waals surface area contributed by atoms with Crippen LogP contribution in [0.15, 0.2) is 48.8 Å². The molecule has 0 saturated carbocycles. The normalized spacial score (nSPS) is 17.0. The molecule has 0 aliphatic carbocycles. The molecule has 0 bridgehead atoms. The van der Waals surface area contributed by atoms with Crippen LogP contribution in [0.1, 0.15) is 36.9 Å². The fourth-order valence-corrected chi connectivity index (χ4v) is 3.37. The van der Waals surface area contributed by atoms with Gasteiger partial charge < -0.3 is 15.3 Å². The second kappa shape index (κ2) is 8.27. The van der Waals surface area contributed by atoms with Crippen molar-refractivity contribution in [2.75, 3.05) is 24.5 Å². The van der Waals surface area contributed by atoms with Gasteiger partial charge in [0.25, 0.3) is 0 Å². The first-order valence-electron chi connectivity index (χ1n) is 8.84. The molecule has 2 heterocycles. The van der Waals surface area contributed by atoms with Gasteiger partial charge in [0.2, 0.25) is 0 Å².